The molecular formula is C29H30O4P2. The summed E-state index contributed by atoms with van der Waals surface area (Å²) in [6.07, 6.45) is 0. The zero-order valence-electron chi connectivity index (χ0n) is 19.5. The first-order valence-electron chi connectivity index (χ1n) is 11.5. The number of aliphatic hydroxyl groups excluding tert-OH is 4. The molecular weight excluding hydrogens is 474 g/mol. The molecule has 0 amide bonds. The molecule has 0 atom stereocenters. The Morgan fingerprint density at radius 2 is 0.657 bits per heavy atom. The predicted molar refractivity (Wildman–Crippen MR) is 147 cm³/mol. The summed E-state index contributed by atoms with van der Waals surface area (Å²) in [5.74, 6) is 0.859. The smallest absolute Gasteiger partial charge is 0.0682 e. The van der Waals surface area contributed by atoms with Crippen LogP contribution in [0.5, 0.6) is 0 Å². The van der Waals surface area contributed by atoms with E-state index in [-0.39, 0.29) is 26.4 Å². The largest absolute Gasteiger partial charge is 0.392 e. The Hall–Kier alpha value is -2.42. The fraction of sp³-hybridized carbons (Fsp3) is 0.172. The van der Waals surface area contributed by atoms with Crippen molar-refractivity contribution >= 4 is 37.1 Å². The van der Waals surface area contributed by atoms with E-state index in [0.29, 0.717) is 0 Å². The van der Waals surface area contributed by atoms with Crippen LogP contribution in [0.4, 0.5) is 0 Å². The highest BCUT2D eigenvalue weighted by molar-refractivity contribution is 7.88. The van der Waals surface area contributed by atoms with Gasteiger partial charge in [0.15, 0.2) is 0 Å². The third-order valence-corrected chi connectivity index (χ3v) is 11.8. The van der Waals surface area contributed by atoms with Crippen molar-refractivity contribution in [1.29, 1.82) is 0 Å². The summed E-state index contributed by atoms with van der Waals surface area (Å²) in [4.78, 5) is 0. The Morgan fingerprint density at radius 1 is 0.400 bits per heavy atom. The Labute approximate surface area is 209 Å². The third-order valence-electron chi connectivity index (χ3n) is 5.90. The topological polar surface area (TPSA) is 80.9 Å². The lowest BCUT2D eigenvalue weighted by Gasteiger charge is -2.27. The van der Waals surface area contributed by atoms with E-state index >= 15 is 0 Å². The first-order chi connectivity index (χ1) is 17.1. The summed E-state index contributed by atoms with van der Waals surface area (Å²) < 4.78 is 0. The van der Waals surface area contributed by atoms with E-state index in [0.717, 1.165) is 28.2 Å². The van der Waals surface area contributed by atoms with Crippen molar-refractivity contribution in [1.82, 2.24) is 0 Å². The van der Waals surface area contributed by atoms with E-state index in [4.69, 9.17) is 0 Å². The van der Waals surface area contributed by atoms with Crippen LogP contribution in [0.2, 0.25) is 0 Å². The van der Waals surface area contributed by atoms with Crippen LogP contribution in [0, 0.1) is 0 Å². The number of aliphatic hydroxyl groups is 4. The highest BCUT2D eigenvalue weighted by atomic mass is 31.2. The van der Waals surface area contributed by atoms with Crippen LogP contribution in [-0.2, 0) is 26.4 Å². The molecule has 0 aliphatic heterocycles. The lowest BCUT2D eigenvalue weighted by Crippen LogP contribution is -2.21. The van der Waals surface area contributed by atoms with Gasteiger partial charge in [0.05, 0.1) is 26.4 Å². The molecule has 6 heteroatoms. The summed E-state index contributed by atoms with van der Waals surface area (Å²) in [6, 6.07) is 32.5. The minimum atomic E-state index is -0.828. The van der Waals surface area contributed by atoms with Crippen LogP contribution in [0.25, 0.3) is 0 Å². The van der Waals surface area contributed by atoms with Crippen molar-refractivity contribution in [2.45, 2.75) is 26.4 Å². The van der Waals surface area contributed by atoms with Crippen molar-refractivity contribution in [3.05, 3.63) is 119 Å². The van der Waals surface area contributed by atoms with Crippen molar-refractivity contribution in [3.8, 4) is 0 Å². The summed E-state index contributed by atoms with van der Waals surface area (Å²) in [5.41, 5.74) is 3.51. The first-order valence-corrected chi connectivity index (χ1v) is 14.5. The van der Waals surface area contributed by atoms with Crippen LogP contribution in [0.15, 0.2) is 97.1 Å². The molecule has 0 aliphatic carbocycles. The average molecular weight is 505 g/mol. The summed E-state index contributed by atoms with van der Waals surface area (Å²) >= 11 is 0. The fourth-order valence-corrected chi connectivity index (χ4v) is 10.7. The average Bonchev–Trinajstić information content (AvgIpc) is 2.93. The lowest BCUT2D eigenvalue weighted by atomic mass is 10.2. The molecule has 0 heterocycles. The summed E-state index contributed by atoms with van der Waals surface area (Å²) in [7, 11) is -1.66. The maximum atomic E-state index is 9.78. The summed E-state index contributed by atoms with van der Waals surface area (Å²) in [5, 5.41) is 43.8. The van der Waals surface area contributed by atoms with Gasteiger partial charge in [-0.1, -0.05) is 72.8 Å². The van der Waals surface area contributed by atoms with Crippen molar-refractivity contribution < 1.29 is 20.4 Å². The van der Waals surface area contributed by atoms with E-state index in [9.17, 15) is 20.4 Å². The van der Waals surface area contributed by atoms with Crippen molar-refractivity contribution in [2.75, 3.05) is 5.90 Å². The molecule has 0 fully saturated rings. The fourth-order valence-electron chi connectivity index (χ4n) is 4.06. The number of hydrogen-bond donors (Lipinski definition) is 4. The van der Waals surface area contributed by atoms with E-state index < -0.39 is 15.8 Å². The molecule has 0 unspecified atom stereocenters. The molecule has 4 N–H and O–H groups in total. The SMILES string of the molecule is OCc1cccc(P(CP(c2cccc(CO)c2)c2cccc(CO)c2)c2cccc(CO)c2)c1. The number of benzene rings is 4. The van der Waals surface area contributed by atoms with Gasteiger partial charge in [0, 0.05) is 5.90 Å². The summed E-state index contributed by atoms with van der Waals surface area (Å²) in [6.45, 7) is -0.0574. The molecule has 0 spiro atoms. The molecule has 0 radical (unpaired) electrons. The molecule has 0 saturated heterocycles. The second kappa shape index (κ2) is 12.5. The van der Waals surface area contributed by atoms with Crippen molar-refractivity contribution in [3.63, 3.8) is 0 Å². The van der Waals surface area contributed by atoms with Crippen LogP contribution in [-0.4, -0.2) is 26.3 Å². The number of hydrogen-bond acceptors (Lipinski definition) is 4. The highest BCUT2D eigenvalue weighted by Gasteiger charge is 2.23. The molecule has 180 valence electrons. The van der Waals surface area contributed by atoms with Gasteiger partial charge in [0.1, 0.15) is 0 Å². The molecule has 4 aromatic carbocycles. The van der Waals surface area contributed by atoms with E-state index in [1.54, 1.807) is 0 Å². The van der Waals surface area contributed by atoms with Gasteiger partial charge in [0.25, 0.3) is 0 Å². The highest BCUT2D eigenvalue weighted by Crippen LogP contribution is 2.49. The maximum absolute atomic E-state index is 9.78. The van der Waals surface area contributed by atoms with Gasteiger partial charge < -0.3 is 20.4 Å². The molecule has 4 aromatic rings. The Morgan fingerprint density at radius 3 is 0.886 bits per heavy atom. The standard InChI is InChI=1S/C29H30O4P2/c30-17-22-5-1-9-26(13-22)34(27-10-2-6-23(14-27)18-31)21-35(28-11-3-7-24(15-28)19-32)29-12-4-8-25(16-29)20-33/h1-16,30-33H,17-21H2. The van der Waals surface area contributed by atoms with Gasteiger partial charge in [-0.2, -0.15) is 0 Å². The van der Waals surface area contributed by atoms with E-state index in [2.05, 4.69) is 48.5 Å². The van der Waals surface area contributed by atoms with Crippen LogP contribution < -0.4 is 21.2 Å². The van der Waals surface area contributed by atoms with Gasteiger partial charge in [0.2, 0.25) is 0 Å². The molecule has 4 nitrogen and oxygen atoms in total. The second-order valence-corrected chi connectivity index (χ2v) is 13.2. The van der Waals surface area contributed by atoms with Crippen molar-refractivity contribution in [2.24, 2.45) is 0 Å². The third kappa shape index (κ3) is 6.42. The quantitative estimate of drug-likeness (QED) is 0.250. The van der Waals surface area contributed by atoms with Crippen LogP contribution in [0.1, 0.15) is 22.3 Å². The Kier molecular flexibility index (Phi) is 9.18. The molecule has 0 saturated carbocycles. The molecule has 0 aromatic heterocycles. The zero-order valence-corrected chi connectivity index (χ0v) is 21.2. The predicted octanol–water partition coefficient (Wildman–Crippen LogP) is 3.18. The molecule has 0 bridgehead atoms. The van der Waals surface area contributed by atoms with E-state index in [1.165, 1.54) is 21.2 Å². The maximum Gasteiger partial charge on any atom is 0.0682 e. The number of rotatable bonds is 10. The van der Waals surface area contributed by atoms with Gasteiger partial charge in [-0.15, -0.1) is 0 Å². The zero-order chi connectivity index (χ0) is 24.6. The van der Waals surface area contributed by atoms with Gasteiger partial charge in [-0.25, -0.2) is 0 Å². The van der Waals surface area contributed by atoms with E-state index in [1.807, 2.05) is 48.5 Å². The Balaban J connectivity index is 1.85. The van der Waals surface area contributed by atoms with Gasteiger partial charge >= 0.3 is 0 Å². The normalized spacial score (nSPS) is 11.4. The second-order valence-electron chi connectivity index (χ2n) is 8.31. The van der Waals surface area contributed by atoms with Crippen LogP contribution >= 0.6 is 15.8 Å². The van der Waals surface area contributed by atoms with Gasteiger partial charge in [-0.05, 0) is 83.6 Å². The van der Waals surface area contributed by atoms with Crippen LogP contribution in [0.3, 0.4) is 0 Å². The molecule has 35 heavy (non-hydrogen) atoms. The molecule has 4 rings (SSSR count). The molecule has 0 aliphatic rings. The monoisotopic (exact) mass is 504 g/mol. The first kappa shape index (κ1) is 25.7. The minimum absolute atomic E-state index is 0.0143. The minimum Gasteiger partial charge on any atom is -0.392 e. The lowest BCUT2D eigenvalue weighted by molar-refractivity contribution is 0.281. The van der Waals surface area contributed by atoms with Gasteiger partial charge in [-0.3, -0.25) is 0 Å². The Bertz CT molecular complexity index is 1070.